The van der Waals surface area contributed by atoms with Crippen molar-refractivity contribution < 1.29 is 4.79 Å². The van der Waals surface area contributed by atoms with Crippen molar-refractivity contribution in [2.24, 2.45) is 0 Å². The summed E-state index contributed by atoms with van der Waals surface area (Å²) in [5.74, 6) is 0.868. The lowest BCUT2D eigenvalue weighted by Crippen LogP contribution is -2.29. The van der Waals surface area contributed by atoms with Gasteiger partial charge in [0.05, 0.1) is 0 Å². The van der Waals surface area contributed by atoms with Crippen LogP contribution in [0.2, 0.25) is 0 Å². The van der Waals surface area contributed by atoms with Crippen molar-refractivity contribution in [2.45, 2.75) is 32.1 Å². The van der Waals surface area contributed by atoms with Crippen molar-refractivity contribution in [1.29, 1.82) is 0 Å². The summed E-state index contributed by atoms with van der Waals surface area (Å²) in [7, 11) is 0. The standard InChI is InChI=1S/C16H24N2O/c1-14(15-7-3-2-4-8-15)13-17-10-6-12-18-11-5-9-16(18)19/h2-4,7-8,14,17H,5-6,9-13H2,1H3/t14-/m0/s1. The van der Waals surface area contributed by atoms with E-state index in [4.69, 9.17) is 0 Å². The van der Waals surface area contributed by atoms with Crippen molar-refractivity contribution in [3.05, 3.63) is 35.9 Å². The molecule has 1 saturated heterocycles. The highest BCUT2D eigenvalue weighted by Gasteiger charge is 2.18. The average Bonchev–Trinajstić information content (AvgIpc) is 2.85. The van der Waals surface area contributed by atoms with E-state index in [0.717, 1.165) is 45.4 Å². The van der Waals surface area contributed by atoms with Gasteiger partial charge in [0, 0.05) is 26.1 Å². The number of carbonyl (C=O) groups is 1. The fraction of sp³-hybridized carbons (Fsp3) is 0.562. The molecule has 0 radical (unpaired) electrons. The first-order chi connectivity index (χ1) is 9.27. The Morgan fingerprint density at radius 2 is 2.11 bits per heavy atom. The topological polar surface area (TPSA) is 32.3 Å². The molecule has 3 nitrogen and oxygen atoms in total. The third-order valence-corrected chi connectivity index (χ3v) is 3.77. The van der Waals surface area contributed by atoms with E-state index in [-0.39, 0.29) is 0 Å². The van der Waals surface area contributed by atoms with E-state index in [0.29, 0.717) is 11.8 Å². The number of carbonyl (C=O) groups excluding carboxylic acids is 1. The van der Waals surface area contributed by atoms with Gasteiger partial charge in [-0.3, -0.25) is 4.79 Å². The molecule has 1 N–H and O–H groups in total. The minimum Gasteiger partial charge on any atom is -0.343 e. The van der Waals surface area contributed by atoms with Gasteiger partial charge in [-0.25, -0.2) is 0 Å². The van der Waals surface area contributed by atoms with Gasteiger partial charge in [-0.15, -0.1) is 0 Å². The Balaban J connectivity index is 1.58. The number of nitrogens with zero attached hydrogens (tertiary/aromatic N) is 1. The molecule has 1 heterocycles. The maximum absolute atomic E-state index is 11.4. The largest absolute Gasteiger partial charge is 0.343 e. The summed E-state index contributed by atoms with van der Waals surface area (Å²) in [6.07, 6.45) is 2.84. The van der Waals surface area contributed by atoms with Crippen molar-refractivity contribution in [1.82, 2.24) is 10.2 Å². The SMILES string of the molecule is C[C@@H](CNCCCN1CCCC1=O)c1ccccc1. The van der Waals surface area contributed by atoms with Crippen molar-refractivity contribution >= 4 is 5.91 Å². The maximum atomic E-state index is 11.4. The maximum Gasteiger partial charge on any atom is 0.222 e. The summed E-state index contributed by atoms with van der Waals surface area (Å²) in [4.78, 5) is 13.4. The zero-order chi connectivity index (χ0) is 13.5. The van der Waals surface area contributed by atoms with Gasteiger partial charge in [0.1, 0.15) is 0 Å². The van der Waals surface area contributed by atoms with E-state index < -0.39 is 0 Å². The second kappa shape index (κ2) is 7.29. The van der Waals surface area contributed by atoms with E-state index in [1.54, 1.807) is 0 Å². The molecule has 1 atom stereocenters. The van der Waals surface area contributed by atoms with Crippen molar-refractivity contribution in [3.8, 4) is 0 Å². The summed E-state index contributed by atoms with van der Waals surface area (Å²) >= 11 is 0. The number of nitrogens with one attached hydrogen (secondary N) is 1. The Hall–Kier alpha value is -1.35. The van der Waals surface area contributed by atoms with E-state index in [1.165, 1.54) is 5.56 Å². The van der Waals surface area contributed by atoms with Crippen LogP contribution in [0, 0.1) is 0 Å². The van der Waals surface area contributed by atoms with Crippen LogP contribution in [-0.4, -0.2) is 37.0 Å². The summed E-state index contributed by atoms with van der Waals surface area (Å²) in [6, 6.07) is 10.6. The lowest BCUT2D eigenvalue weighted by Gasteiger charge is -2.16. The molecule has 1 aromatic rings. The van der Waals surface area contributed by atoms with Crippen LogP contribution in [-0.2, 0) is 4.79 Å². The number of hydrogen-bond donors (Lipinski definition) is 1. The van der Waals surface area contributed by atoms with Crippen LogP contribution in [0.25, 0.3) is 0 Å². The van der Waals surface area contributed by atoms with Gasteiger partial charge < -0.3 is 10.2 Å². The van der Waals surface area contributed by atoms with E-state index >= 15 is 0 Å². The number of amides is 1. The third kappa shape index (κ3) is 4.35. The molecular formula is C16H24N2O. The number of hydrogen-bond acceptors (Lipinski definition) is 2. The molecule has 2 rings (SSSR count). The molecule has 1 aromatic carbocycles. The Morgan fingerprint density at radius 1 is 1.32 bits per heavy atom. The van der Waals surface area contributed by atoms with E-state index in [9.17, 15) is 4.79 Å². The van der Waals surface area contributed by atoms with Crippen LogP contribution < -0.4 is 5.32 Å². The molecule has 19 heavy (non-hydrogen) atoms. The Kier molecular flexibility index (Phi) is 5.40. The first-order valence-corrected chi connectivity index (χ1v) is 7.31. The van der Waals surface area contributed by atoms with Gasteiger partial charge in [0.2, 0.25) is 5.91 Å². The van der Waals surface area contributed by atoms with Gasteiger partial charge >= 0.3 is 0 Å². The third-order valence-electron chi connectivity index (χ3n) is 3.77. The minimum atomic E-state index is 0.331. The van der Waals surface area contributed by atoms with Crippen LogP contribution >= 0.6 is 0 Å². The zero-order valence-electron chi connectivity index (χ0n) is 11.8. The molecule has 1 amide bonds. The highest BCUT2D eigenvalue weighted by atomic mass is 16.2. The number of likely N-dealkylation sites (tertiary alicyclic amines) is 1. The molecular weight excluding hydrogens is 236 g/mol. The van der Waals surface area contributed by atoms with Crippen LogP contribution in [0.15, 0.2) is 30.3 Å². The molecule has 1 aliphatic rings. The first-order valence-electron chi connectivity index (χ1n) is 7.31. The van der Waals surface area contributed by atoms with E-state index in [1.807, 2.05) is 4.90 Å². The van der Waals surface area contributed by atoms with Gasteiger partial charge in [-0.2, -0.15) is 0 Å². The molecule has 0 aromatic heterocycles. The number of benzene rings is 1. The summed E-state index contributed by atoms with van der Waals surface area (Å²) in [5.41, 5.74) is 1.38. The molecule has 0 spiro atoms. The molecule has 0 bridgehead atoms. The minimum absolute atomic E-state index is 0.331. The lowest BCUT2D eigenvalue weighted by atomic mass is 10.0. The smallest absolute Gasteiger partial charge is 0.222 e. The van der Waals surface area contributed by atoms with Gasteiger partial charge in [0.25, 0.3) is 0 Å². The quantitative estimate of drug-likeness (QED) is 0.764. The Bertz CT molecular complexity index is 391. The summed E-state index contributed by atoms with van der Waals surface area (Å²) in [6.45, 7) is 6.09. The molecule has 0 aliphatic carbocycles. The highest BCUT2D eigenvalue weighted by molar-refractivity contribution is 5.77. The Morgan fingerprint density at radius 3 is 2.79 bits per heavy atom. The van der Waals surface area contributed by atoms with Crippen LogP contribution in [0.3, 0.4) is 0 Å². The average molecular weight is 260 g/mol. The van der Waals surface area contributed by atoms with E-state index in [2.05, 4.69) is 42.6 Å². The van der Waals surface area contributed by atoms with Crippen molar-refractivity contribution in [3.63, 3.8) is 0 Å². The second-order valence-corrected chi connectivity index (χ2v) is 5.35. The highest BCUT2D eigenvalue weighted by Crippen LogP contribution is 2.13. The predicted molar refractivity (Wildman–Crippen MR) is 78.2 cm³/mol. The normalized spacial score (nSPS) is 16.9. The van der Waals surface area contributed by atoms with Crippen LogP contribution in [0.1, 0.15) is 37.7 Å². The predicted octanol–water partition coefficient (Wildman–Crippen LogP) is 2.39. The molecule has 3 heteroatoms. The lowest BCUT2D eigenvalue weighted by molar-refractivity contribution is -0.127. The Labute approximate surface area is 116 Å². The van der Waals surface area contributed by atoms with Crippen LogP contribution in [0.4, 0.5) is 0 Å². The number of rotatable bonds is 7. The van der Waals surface area contributed by atoms with Gasteiger partial charge in [0.15, 0.2) is 0 Å². The summed E-state index contributed by atoms with van der Waals surface area (Å²) < 4.78 is 0. The second-order valence-electron chi connectivity index (χ2n) is 5.35. The summed E-state index contributed by atoms with van der Waals surface area (Å²) in [5, 5.41) is 3.48. The van der Waals surface area contributed by atoms with Crippen LogP contribution in [0.5, 0.6) is 0 Å². The molecule has 0 saturated carbocycles. The monoisotopic (exact) mass is 260 g/mol. The molecule has 1 aliphatic heterocycles. The fourth-order valence-corrected chi connectivity index (χ4v) is 2.55. The first kappa shape index (κ1) is 14.1. The molecule has 104 valence electrons. The fourth-order valence-electron chi connectivity index (χ4n) is 2.55. The molecule has 1 fully saturated rings. The molecule has 0 unspecified atom stereocenters. The van der Waals surface area contributed by atoms with Gasteiger partial charge in [-0.05, 0) is 30.9 Å². The van der Waals surface area contributed by atoms with Gasteiger partial charge in [-0.1, -0.05) is 37.3 Å². The van der Waals surface area contributed by atoms with Crippen molar-refractivity contribution in [2.75, 3.05) is 26.2 Å². The zero-order valence-corrected chi connectivity index (χ0v) is 11.8.